The maximum absolute atomic E-state index is 11.3. The molecule has 0 aliphatic rings. The highest BCUT2D eigenvalue weighted by molar-refractivity contribution is 9.09. The van der Waals surface area contributed by atoms with Gasteiger partial charge in [-0.05, 0) is 18.0 Å². The number of amides is 1. The van der Waals surface area contributed by atoms with E-state index in [1.54, 1.807) is 5.38 Å². The molecule has 1 aromatic rings. The number of rotatable bonds is 7. The maximum atomic E-state index is 11.3. The molecular weight excluding hydrogens is 282 g/mol. The molecule has 1 aromatic heterocycles. The Morgan fingerprint density at radius 3 is 3.13 bits per heavy atom. The van der Waals surface area contributed by atoms with Gasteiger partial charge in [0.15, 0.2) is 5.69 Å². The molecule has 0 aliphatic carbocycles. The number of hydrogen-bond acceptors (Lipinski definition) is 5. The number of nitrogens with one attached hydrogen (secondary N) is 1. The Kier molecular flexibility index (Phi) is 6.45. The predicted molar refractivity (Wildman–Crippen MR) is 61.5 cm³/mol. The summed E-state index contributed by atoms with van der Waals surface area (Å²) in [6, 6.07) is 0. The Bertz CT molecular complexity index is 281. The molecule has 84 valence electrons. The number of halogens is 1. The molecule has 1 rings (SSSR count). The molecule has 0 radical (unpaired) electrons. The second-order valence-corrected chi connectivity index (χ2v) is 4.10. The van der Waals surface area contributed by atoms with Crippen LogP contribution in [0.15, 0.2) is 5.38 Å². The summed E-state index contributed by atoms with van der Waals surface area (Å²) >= 11 is 4.43. The van der Waals surface area contributed by atoms with Crippen LogP contribution in [-0.2, 0) is 4.74 Å². The van der Waals surface area contributed by atoms with Crippen LogP contribution >= 0.6 is 27.5 Å². The van der Waals surface area contributed by atoms with Crippen molar-refractivity contribution in [1.29, 1.82) is 0 Å². The van der Waals surface area contributed by atoms with Crippen LogP contribution in [0.25, 0.3) is 0 Å². The third-order valence-corrected chi connectivity index (χ3v) is 2.39. The standard InChI is InChI=1S/C8H12BrN3O2S/c9-2-5-14-4-1-3-10-8(13)7-6-15-12-11-7/h6H,1-5H2,(H,10,13). The van der Waals surface area contributed by atoms with E-state index in [-0.39, 0.29) is 5.91 Å². The fourth-order valence-corrected chi connectivity index (χ4v) is 1.55. The van der Waals surface area contributed by atoms with Crippen molar-refractivity contribution in [2.75, 3.05) is 25.1 Å². The lowest BCUT2D eigenvalue weighted by molar-refractivity contribution is 0.0940. The number of hydrogen-bond donors (Lipinski definition) is 1. The summed E-state index contributed by atoms with van der Waals surface area (Å²) in [5.74, 6) is -0.177. The highest BCUT2D eigenvalue weighted by Gasteiger charge is 2.06. The molecule has 5 nitrogen and oxygen atoms in total. The van der Waals surface area contributed by atoms with Crippen LogP contribution in [0.3, 0.4) is 0 Å². The van der Waals surface area contributed by atoms with Gasteiger partial charge in [0.2, 0.25) is 0 Å². The molecule has 0 spiro atoms. The van der Waals surface area contributed by atoms with E-state index in [2.05, 4.69) is 30.8 Å². The predicted octanol–water partition coefficient (Wildman–Crippen LogP) is 1.07. The van der Waals surface area contributed by atoms with E-state index < -0.39 is 0 Å². The van der Waals surface area contributed by atoms with Crippen LogP contribution in [0, 0.1) is 0 Å². The largest absolute Gasteiger partial charge is 0.381 e. The lowest BCUT2D eigenvalue weighted by Crippen LogP contribution is -2.25. The first-order valence-electron chi connectivity index (χ1n) is 4.53. The van der Waals surface area contributed by atoms with Crippen LogP contribution in [0.1, 0.15) is 16.9 Å². The number of carbonyl (C=O) groups is 1. The average Bonchev–Trinajstić information content (AvgIpc) is 2.76. The molecule has 0 saturated heterocycles. The monoisotopic (exact) mass is 293 g/mol. The van der Waals surface area contributed by atoms with Gasteiger partial charge in [0.1, 0.15) is 0 Å². The molecule has 0 bridgehead atoms. The third-order valence-electron chi connectivity index (χ3n) is 1.57. The summed E-state index contributed by atoms with van der Waals surface area (Å²) in [5.41, 5.74) is 0.376. The fraction of sp³-hybridized carbons (Fsp3) is 0.625. The minimum Gasteiger partial charge on any atom is -0.381 e. The van der Waals surface area contributed by atoms with Crippen molar-refractivity contribution >= 4 is 33.4 Å². The summed E-state index contributed by atoms with van der Waals surface area (Å²) < 4.78 is 8.84. The molecule has 7 heteroatoms. The normalized spacial score (nSPS) is 10.2. The first kappa shape index (κ1) is 12.5. The van der Waals surface area contributed by atoms with Gasteiger partial charge in [0, 0.05) is 23.9 Å². The lowest BCUT2D eigenvalue weighted by atomic mass is 10.4. The van der Waals surface area contributed by atoms with Crippen molar-refractivity contribution in [3.05, 3.63) is 11.1 Å². The molecule has 0 fully saturated rings. The Morgan fingerprint density at radius 1 is 1.60 bits per heavy atom. The average molecular weight is 294 g/mol. The number of carbonyl (C=O) groups excluding carboxylic acids is 1. The molecule has 1 heterocycles. The van der Waals surface area contributed by atoms with Gasteiger partial charge >= 0.3 is 0 Å². The van der Waals surface area contributed by atoms with Gasteiger partial charge in [0.05, 0.1) is 6.61 Å². The van der Waals surface area contributed by atoms with Crippen molar-refractivity contribution in [2.24, 2.45) is 0 Å². The van der Waals surface area contributed by atoms with Crippen molar-refractivity contribution in [3.63, 3.8) is 0 Å². The van der Waals surface area contributed by atoms with Crippen molar-refractivity contribution < 1.29 is 9.53 Å². The number of nitrogens with zero attached hydrogens (tertiary/aromatic N) is 2. The zero-order valence-corrected chi connectivity index (χ0v) is 10.5. The Balaban J connectivity index is 2.03. The van der Waals surface area contributed by atoms with E-state index in [4.69, 9.17) is 4.74 Å². The second kappa shape index (κ2) is 7.72. The number of aromatic nitrogens is 2. The molecule has 1 amide bonds. The third kappa shape index (κ3) is 5.19. The summed E-state index contributed by atoms with van der Waals surface area (Å²) in [4.78, 5) is 11.3. The smallest absolute Gasteiger partial charge is 0.272 e. The lowest BCUT2D eigenvalue weighted by Gasteiger charge is -2.03. The van der Waals surface area contributed by atoms with Crippen LogP contribution in [0.5, 0.6) is 0 Å². The highest BCUT2D eigenvalue weighted by atomic mass is 79.9. The van der Waals surface area contributed by atoms with Gasteiger partial charge in [0.25, 0.3) is 5.91 Å². The topological polar surface area (TPSA) is 64.1 Å². The van der Waals surface area contributed by atoms with Crippen molar-refractivity contribution in [1.82, 2.24) is 14.9 Å². The molecule has 0 aromatic carbocycles. The highest BCUT2D eigenvalue weighted by Crippen LogP contribution is 1.96. The van der Waals surface area contributed by atoms with Crippen LogP contribution in [0.4, 0.5) is 0 Å². The minimum absolute atomic E-state index is 0.177. The molecular formula is C8H12BrN3O2S. The van der Waals surface area contributed by atoms with Gasteiger partial charge in [-0.2, -0.15) is 0 Å². The molecule has 0 atom stereocenters. The van der Waals surface area contributed by atoms with E-state index in [1.165, 1.54) is 11.5 Å². The molecule has 0 unspecified atom stereocenters. The Labute approximate surface area is 101 Å². The molecule has 15 heavy (non-hydrogen) atoms. The summed E-state index contributed by atoms with van der Waals surface area (Å²) in [6.45, 7) is 1.95. The van der Waals surface area contributed by atoms with E-state index in [1.807, 2.05) is 0 Å². The van der Waals surface area contributed by atoms with Crippen molar-refractivity contribution in [2.45, 2.75) is 6.42 Å². The number of ether oxygens (including phenoxy) is 1. The molecule has 0 saturated carbocycles. The SMILES string of the molecule is O=C(NCCCOCCBr)c1csnn1. The summed E-state index contributed by atoms with van der Waals surface area (Å²) in [6.07, 6.45) is 0.802. The number of alkyl halides is 1. The minimum atomic E-state index is -0.177. The fourth-order valence-electron chi connectivity index (χ4n) is 0.887. The molecule has 1 N–H and O–H groups in total. The summed E-state index contributed by atoms with van der Waals surface area (Å²) in [7, 11) is 0. The van der Waals surface area contributed by atoms with E-state index >= 15 is 0 Å². The van der Waals surface area contributed by atoms with E-state index in [0.29, 0.717) is 25.5 Å². The quantitative estimate of drug-likeness (QED) is 0.603. The second-order valence-electron chi connectivity index (χ2n) is 2.70. The van der Waals surface area contributed by atoms with Crippen LogP contribution < -0.4 is 5.32 Å². The van der Waals surface area contributed by atoms with Crippen molar-refractivity contribution in [3.8, 4) is 0 Å². The van der Waals surface area contributed by atoms with Gasteiger partial charge < -0.3 is 10.1 Å². The Morgan fingerprint density at radius 2 is 2.47 bits per heavy atom. The summed E-state index contributed by atoms with van der Waals surface area (Å²) in [5, 5.41) is 8.86. The maximum Gasteiger partial charge on any atom is 0.272 e. The van der Waals surface area contributed by atoms with Crippen LogP contribution in [0.2, 0.25) is 0 Å². The van der Waals surface area contributed by atoms with Gasteiger partial charge in [-0.15, -0.1) is 5.10 Å². The Hall–Kier alpha value is -0.530. The van der Waals surface area contributed by atoms with Crippen LogP contribution in [-0.4, -0.2) is 40.6 Å². The van der Waals surface area contributed by atoms with Gasteiger partial charge in [-0.25, -0.2) is 0 Å². The zero-order valence-electron chi connectivity index (χ0n) is 8.11. The van der Waals surface area contributed by atoms with E-state index in [9.17, 15) is 4.79 Å². The first-order chi connectivity index (χ1) is 7.34. The zero-order chi connectivity index (χ0) is 10.9. The van der Waals surface area contributed by atoms with E-state index in [0.717, 1.165) is 11.8 Å². The molecule has 0 aliphatic heterocycles. The first-order valence-corrected chi connectivity index (χ1v) is 6.49. The van der Waals surface area contributed by atoms with Gasteiger partial charge in [-0.3, -0.25) is 4.79 Å². The van der Waals surface area contributed by atoms with Gasteiger partial charge in [-0.1, -0.05) is 20.4 Å².